The zero-order chi connectivity index (χ0) is 12.7. The first-order valence-corrected chi connectivity index (χ1v) is 6.64. The number of rotatable bonds is 7. The van der Waals surface area contributed by atoms with E-state index in [1.165, 1.54) is 11.1 Å². The van der Waals surface area contributed by atoms with Crippen molar-refractivity contribution in [2.45, 2.75) is 27.3 Å². The first-order chi connectivity index (χ1) is 8.09. The molecule has 1 aromatic rings. The van der Waals surface area contributed by atoms with Crippen LogP contribution >= 0.6 is 11.6 Å². The van der Waals surface area contributed by atoms with Crippen LogP contribution in [-0.2, 0) is 6.54 Å². The molecule has 1 aromatic carbocycles. The number of halogens is 1. The van der Waals surface area contributed by atoms with Gasteiger partial charge in [-0.3, -0.25) is 0 Å². The zero-order valence-corrected chi connectivity index (χ0v) is 11.8. The lowest BCUT2D eigenvalue weighted by molar-refractivity contribution is 0.535. The molecule has 2 N–H and O–H groups in total. The van der Waals surface area contributed by atoms with E-state index in [1.54, 1.807) is 0 Å². The molecule has 0 amide bonds. The quantitative estimate of drug-likeness (QED) is 0.731. The Kier molecular flexibility index (Phi) is 6.56. The summed E-state index contributed by atoms with van der Waals surface area (Å²) in [5.41, 5.74) is 2.37. The SMILES string of the molecule is Cc1ccc(CNCCNCC(C)C)c(Cl)c1. The molecule has 0 saturated carbocycles. The van der Waals surface area contributed by atoms with Crippen LogP contribution in [0.15, 0.2) is 18.2 Å². The largest absolute Gasteiger partial charge is 0.315 e. The predicted molar refractivity (Wildman–Crippen MR) is 75.6 cm³/mol. The lowest BCUT2D eigenvalue weighted by Crippen LogP contribution is -2.29. The van der Waals surface area contributed by atoms with Crippen LogP contribution in [0, 0.1) is 12.8 Å². The second-order valence-electron chi connectivity index (χ2n) is 4.87. The Morgan fingerprint density at radius 2 is 1.88 bits per heavy atom. The lowest BCUT2D eigenvalue weighted by atomic mass is 10.1. The van der Waals surface area contributed by atoms with Gasteiger partial charge in [0.05, 0.1) is 0 Å². The van der Waals surface area contributed by atoms with Crippen molar-refractivity contribution in [2.75, 3.05) is 19.6 Å². The van der Waals surface area contributed by atoms with Crippen molar-refractivity contribution < 1.29 is 0 Å². The first kappa shape index (κ1) is 14.5. The van der Waals surface area contributed by atoms with E-state index < -0.39 is 0 Å². The van der Waals surface area contributed by atoms with Crippen molar-refractivity contribution in [1.29, 1.82) is 0 Å². The van der Waals surface area contributed by atoms with Gasteiger partial charge in [-0.1, -0.05) is 37.6 Å². The molecule has 0 bridgehead atoms. The summed E-state index contributed by atoms with van der Waals surface area (Å²) in [6.07, 6.45) is 0. The van der Waals surface area contributed by atoms with Gasteiger partial charge in [0.2, 0.25) is 0 Å². The fourth-order valence-electron chi connectivity index (χ4n) is 1.59. The van der Waals surface area contributed by atoms with Crippen LogP contribution in [-0.4, -0.2) is 19.6 Å². The highest BCUT2D eigenvalue weighted by Gasteiger charge is 1.99. The third-order valence-electron chi connectivity index (χ3n) is 2.56. The minimum atomic E-state index is 0.710. The molecule has 17 heavy (non-hydrogen) atoms. The second-order valence-corrected chi connectivity index (χ2v) is 5.28. The molecule has 96 valence electrons. The predicted octanol–water partition coefficient (Wildman–Crippen LogP) is 2.98. The average Bonchev–Trinajstić information content (AvgIpc) is 2.25. The minimum Gasteiger partial charge on any atom is -0.315 e. The van der Waals surface area contributed by atoms with Crippen molar-refractivity contribution in [2.24, 2.45) is 5.92 Å². The zero-order valence-electron chi connectivity index (χ0n) is 11.0. The lowest BCUT2D eigenvalue weighted by Gasteiger charge is -2.09. The third kappa shape index (κ3) is 6.06. The summed E-state index contributed by atoms with van der Waals surface area (Å²) in [4.78, 5) is 0. The summed E-state index contributed by atoms with van der Waals surface area (Å²) in [5, 5.41) is 7.64. The van der Waals surface area contributed by atoms with Gasteiger partial charge < -0.3 is 10.6 Å². The topological polar surface area (TPSA) is 24.1 Å². The normalized spacial score (nSPS) is 11.1. The number of nitrogens with one attached hydrogen (secondary N) is 2. The highest BCUT2D eigenvalue weighted by Crippen LogP contribution is 2.16. The van der Waals surface area contributed by atoms with E-state index in [0.717, 1.165) is 31.2 Å². The fraction of sp³-hybridized carbons (Fsp3) is 0.571. The average molecular weight is 255 g/mol. The van der Waals surface area contributed by atoms with Gasteiger partial charge >= 0.3 is 0 Å². The minimum absolute atomic E-state index is 0.710. The van der Waals surface area contributed by atoms with Crippen molar-refractivity contribution in [3.63, 3.8) is 0 Å². The summed E-state index contributed by atoms with van der Waals surface area (Å²) < 4.78 is 0. The summed E-state index contributed by atoms with van der Waals surface area (Å²) in [6, 6.07) is 6.20. The highest BCUT2D eigenvalue weighted by atomic mass is 35.5. The molecular weight excluding hydrogens is 232 g/mol. The Balaban J connectivity index is 2.18. The molecule has 0 aromatic heterocycles. The molecule has 0 spiro atoms. The highest BCUT2D eigenvalue weighted by molar-refractivity contribution is 6.31. The van der Waals surface area contributed by atoms with Crippen molar-refractivity contribution in [1.82, 2.24) is 10.6 Å². The van der Waals surface area contributed by atoms with Gasteiger partial charge in [0.1, 0.15) is 0 Å². The number of hydrogen-bond donors (Lipinski definition) is 2. The Labute approximate surface area is 110 Å². The van der Waals surface area contributed by atoms with E-state index in [-0.39, 0.29) is 0 Å². The summed E-state index contributed by atoms with van der Waals surface area (Å²) >= 11 is 6.16. The Morgan fingerprint density at radius 1 is 1.18 bits per heavy atom. The third-order valence-corrected chi connectivity index (χ3v) is 2.91. The first-order valence-electron chi connectivity index (χ1n) is 6.26. The number of aryl methyl sites for hydroxylation is 1. The van der Waals surface area contributed by atoms with Crippen LogP contribution in [0.3, 0.4) is 0 Å². The van der Waals surface area contributed by atoms with Gasteiger partial charge in [-0.15, -0.1) is 0 Å². The van der Waals surface area contributed by atoms with Gasteiger partial charge in [0.15, 0.2) is 0 Å². The maximum atomic E-state index is 6.16. The van der Waals surface area contributed by atoms with Crippen LogP contribution < -0.4 is 10.6 Å². The van der Waals surface area contributed by atoms with E-state index >= 15 is 0 Å². The molecule has 0 heterocycles. The Hall–Kier alpha value is -0.570. The molecule has 0 unspecified atom stereocenters. The molecule has 0 aliphatic carbocycles. The van der Waals surface area contributed by atoms with Gasteiger partial charge in [-0.25, -0.2) is 0 Å². The van der Waals surface area contributed by atoms with Crippen molar-refractivity contribution in [3.8, 4) is 0 Å². The molecule has 3 heteroatoms. The molecule has 0 fully saturated rings. The van der Waals surface area contributed by atoms with Crippen LogP contribution in [0.5, 0.6) is 0 Å². The number of benzene rings is 1. The molecule has 0 saturated heterocycles. The summed E-state index contributed by atoms with van der Waals surface area (Å²) in [5.74, 6) is 0.710. The van der Waals surface area contributed by atoms with Crippen molar-refractivity contribution >= 4 is 11.6 Å². The van der Waals surface area contributed by atoms with Crippen molar-refractivity contribution in [3.05, 3.63) is 34.3 Å². The van der Waals surface area contributed by atoms with Gasteiger partial charge in [-0.05, 0) is 36.6 Å². The molecule has 0 aliphatic heterocycles. The summed E-state index contributed by atoms with van der Waals surface area (Å²) in [6.45, 7) is 10.4. The van der Waals surface area contributed by atoms with Crippen LogP contribution in [0.25, 0.3) is 0 Å². The molecule has 0 aliphatic rings. The molecule has 0 atom stereocenters. The molecule has 0 radical (unpaired) electrons. The van der Waals surface area contributed by atoms with Gasteiger partial charge in [0.25, 0.3) is 0 Å². The fourth-order valence-corrected chi connectivity index (χ4v) is 1.89. The van der Waals surface area contributed by atoms with E-state index in [9.17, 15) is 0 Å². The molecule has 1 rings (SSSR count). The van der Waals surface area contributed by atoms with E-state index in [1.807, 2.05) is 6.07 Å². The maximum Gasteiger partial charge on any atom is 0.0453 e. The Morgan fingerprint density at radius 3 is 2.53 bits per heavy atom. The smallest absolute Gasteiger partial charge is 0.0453 e. The van der Waals surface area contributed by atoms with E-state index in [4.69, 9.17) is 11.6 Å². The van der Waals surface area contributed by atoms with Crippen LogP contribution in [0.1, 0.15) is 25.0 Å². The standard InChI is InChI=1S/C14H23ClN2/c1-11(2)9-16-6-7-17-10-13-5-4-12(3)8-14(13)15/h4-5,8,11,16-17H,6-7,9-10H2,1-3H3. The summed E-state index contributed by atoms with van der Waals surface area (Å²) in [7, 11) is 0. The maximum absolute atomic E-state index is 6.16. The van der Waals surface area contributed by atoms with Crippen LogP contribution in [0.2, 0.25) is 5.02 Å². The number of hydrogen-bond acceptors (Lipinski definition) is 2. The monoisotopic (exact) mass is 254 g/mol. The van der Waals surface area contributed by atoms with Crippen LogP contribution in [0.4, 0.5) is 0 Å². The van der Waals surface area contributed by atoms with Gasteiger partial charge in [0, 0.05) is 24.7 Å². The molecular formula is C14H23ClN2. The van der Waals surface area contributed by atoms with Gasteiger partial charge in [-0.2, -0.15) is 0 Å². The molecule has 2 nitrogen and oxygen atoms in total. The van der Waals surface area contributed by atoms with E-state index in [0.29, 0.717) is 5.92 Å². The second kappa shape index (κ2) is 7.70. The Bertz CT molecular complexity index is 337. The van der Waals surface area contributed by atoms with E-state index in [2.05, 4.69) is 43.5 Å².